The van der Waals surface area contributed by atoms with Gasteiger partial charge in [0, 0.05) is 0 Å². The average molecular weight is 372 g/mol. The second kappa shape index (κ2) is 8.99. The summed E-state index contributed by atoms with van der Waals surface area (Å²) in [5, 5.41) is 2.04. The van der Waals surface area contributed by atoms with E-state index in [-0.39, 0.29) is 29.4 Å². The van der Waals surface area contributed by atoms with Gasteiger partial charge in [-0.3, -0.25) is 9.52 Å². The third kappa shape index (κ3) is 7.10. The highest BCUT2D eigenvalue weighted by molar-refractivity contribution is 7.92. The third-order valence-corrected chi connectivity index (χ3v) is 4.19. The van der Waals surface area contributed by atoms with Crippen molar-refractivity contribution >= 4 is 34.0 Å². The number of carbonyl (C=O) groups is 1. The number of halogens is 3. The number of para-hydroxylation sites is 1. The molecule has 0 aromatic heterocycles. The highest BCUT2D eigenvalue weighted by Crippen LogP contribution is 2.17. The SMILES string of the molecule is CCCS(=O)(=O)Nc1ccccc1C(=O)NCC(F)(F)CN.Cl. The highest BCUT2D eigenvalue weighted by Gasteiger charge is 2.28. The van der Waals surface area contributed by atoms with Gasteiger partial charge in [0.15, 0.2) is 0 Å². The maximum atomic E-state index is 13.0. The van der Waals surface area contributed by atoms with Crippen molar-refractivity contribution in [1.82, 2.24) is 5.32 Å². The lowest BCUT2D eigenvalue weighted by Crippen LogP contribution is -2.41. The first-order chi connectivity index (χ1) is 10.2. The molecule has 1 rings (SSSR count). The molecule has 0 aliphatic rings. The normalized spacial score (nSPS) is 11.5. The summed E-state index contributed by atoms with van der Waals surface area (Å²) >= 11 is 0. The van der Waals surface area contributed by atoms with Gasteiger partial charge in [0.2, 0.25) is 10.0 Å². The van der Waals surface area contributed by atoms with Crippen molar-refractivity contribution in [3.8, 4) is 0 Å². The zero-order valence-electron chi connectivity index (χ0n) is 12.5. The van der Waals surface area contributed by atoms with Crippen LogP contribution in [0.5, 0.6) is 0 Å². The fourth-order valence-corrected chi connectivity index (χ4v) is 2.79. The molecule has 0 bridgehead atoms. The van der Waals surface area contributed by atoms with Gasteiger partial charge >= 0.3 is 0 Å². The Morgan fingerprint density at radius 2 is 1.91 bits per heavy atom. The van der Waals surface area contributed by atoms with Gasteiger partial charge in [0.25, 0.3) is 11.8 Å². The fourth-order valence-electron chi connectivity index (χ4n) is 1.63. The Morgan fingerprint density at radius 3 is 2.48 bits per heavy atom. The first kappa shape index (κ1) is 21.6. The topological polar surface area (TPSA) is 101 Å². The van der Waals surface area contributed by atoms with E-state index >= 15 is 0 Å². The predicted octanol–water partition coefficient (Wildman–Crippen LogP) is 1.58. The van der Waals surface area contributed by atoms with E-state index in [0.717, 1.165) is 0 Å². The summed E-state index contributed by atoms with van der Waals surface area (Å²) in [5.41, 5.74) is 4.90. The Bertz CT molecular complexity index is 627. The number of hydrogen-bond acceptors (Lipinski definition) is 4. The third-order valence-electron chi connectivity index (χ3n) is 2.72. The summed E-state index contributed by atoms with van der Waals surface area (Å²) in [6, 6.07) is 5.78. The van der Waals surface area contributed by atoms with Crippen molar-refractivity contribution in [3.05, 3.63) is 29.8 Å². The van der Waals surface area contributed by atoms with E-state index in [1.54, 1.807) is 6.92 Å². The summed E-state index contributed by atoms with van der Waals surface area (Å²) in [7, 11) is -3.59. The molecule has 0 radical (unpaired) electrons. The van der Waals surface area contributed by atoms with E-state index < -0.39 is 34.9 Å². The van der Waals surface area contributed by atoms with Gasteiger partial charge in [0.1, 0.15) is 0 Å². The van der Waals surface area contributed by atoms with Gasteiger partial charge in [-0.05, 0) is 18.6 Å². The molecule has 1 aromatic rings. The van der Waals surface area contributed by atoms with Crippen LogP contribution in [0.25, 0.3) is 0 Å². The Balaban J connectivity index is 0.00000484. The monoisotopic (exact) mass is 371 g/mol. The molecule has 0 fully saturated rings. The fraction of sp³-hybridized carbons (Fsp3) is 0.462. The molecule has 6 nitrogen and oxygen atoms in total. The summed E-state index contributed by atoms with van der Waals surface area (Å²) in [6.45, 7) is -0.108. The lowest BCUT2D eigenvalue weighted by molar-refractivity contribution is 0.0119. The molecule has 10 heteroatoms. The van der Waals surface area contributed by atoms with Crippen molar-refractivity contribution in [1.29, 1.82) is 0 Å². The van der Waals surface area contributed by atoms with E-state index in [0.29, 0.717) is 6.42 Å². The second-order valence-electron chi connectivity index (χ2n) is 4.71. The molecule has 1 amide bonds. The molecule has 0 spiro atoms. The molecule has 0 saturated carbocycles. The first-order valence-electron chi connectivity index (χ1n) is 6.66. The van der Waals surface area contributed by atoms with Crippen LogP contribution in [-0.2, 0) is 10.0 Å². The van der Waals surface area contributed by atoms with Crippen LogP contribution in [-0.4, -0.2) is 39.1 Å². The highest BCUT2D eigenvalue weighted by atomic mass is 35.5. The maximum Gasteiger partial charge on any atom is 0.277 e. The van der Waals surface area contributed by atoms with Crippen LogP contribution in [0.3, 0.4) is 0 Å². The summed E-state index contributed by atoms with van der Waals surface area (Å²) in [5.74, 6) is -4.12. The van der Waals surface area contributed by atoms with Gasteiger partial charge < -0.3 is 11.1 Å². The minimum Gasteiger partial charge on any atom is -0.346 e. The minimum atomic E-state index is -3.59. The lowest BCUT2D eigenvalue weighted by atomic mass is 10.1. The molecular weight excluding hydrogens is 352 g/mol. The van der Waals surface area contributed by atoms with Crippen molar-refractivity contribution in [3.63, 3.8) is 0 Å². The standard InChI is InChI=1S/C13H19F2N3O3S.ClH/c1-2-7-22(20,21)18-11-6-4-3-5-10(11)12(19)17-9-13(14,15)8-16;/h3-6,18H,2,7-9,16H2,1H3,(H,17,19);1H. The molecule has 23 heavy (non-hydrogen) atoms. The van der Waals surface area contributed by atoms with Crippen LogP contribution in [0.15, 0.2) is 24.3 Å². The number of benzene rings is 1. The molecule has 0 heterocycles. The Kier molecular flexibility index (Phi) is 8.43. The van der Waals surface area contributed by atoms with Crippen molar-refractivity contribution in [2.24, 2.45) is 5.73 Å². The zero-order chi connectivity index (χ0) is 16.8. The second-order valence-corrected chi connectivity index (χ2v) is 6.55. The number of anilines is 1. The molecule has 0 atom stereocenters. The van der Waals surface area contributed by atoms with Gasteiger partial charge in [-0.1, -0.05) is 19.1 Å². The number of rotatable bonds is 8. The van der Waals surface area contributed by atoms with Gasteiger partial charge in [-0.25, -0.2) is 17.2 Å². The minimum absolute atomic E-state index is 0. The van der Waals surface area contributed by atoms with Crippen LogP contribution >= 0.6 is 12.4 Å². The molecule has 132 valence electrons. The first-order valence-corrected chi connectivity index (χ1v) is 8.31. The number of alkyl halides is 2. The van der Waals surface area contributed by atoms with Gasteiger partial charge in [0.05, 0.1) is 30.1 Å². The van der Waals surface area contributed by atoms with E-state index in [1.165, 1.54) is 24.3 Å². The number of nitrogens with two attached hydrogens (primary N) is 1. The van der Waals surface area contributed by atoms with Crippen LogP contribution < -0.4 is 15.8 Å². The van der Waals surface area contributed by atoms with E-state index in [1.807, 2.05) is 5.32 Å². The van der Waals surface area contributed by atoms with Crippen molar-refractivity contribution in [2.45, 2.75) is 19.3 Å². The molecule has 1 aromatic carbocycles. The van der Waals surface area contributed by atoms with E-state index in [9.17, 15) is 22.0 Å². The quantitative estimate of drug-likeness (QED) is 0.645. The number of carbonyl (C=O) groups excluding carboxylic acids is 1. The molecule has 0 saturated heterocycles. The molecule has 0 aliphatic carbocycles. The van der Waals surface area contributed by atoms with Crippen LogP contribution in [0.1, 0.15) is 23.7 Å². The summed E-state index contributed by atoms with van der Waals surface area (Å²) in [6.07, 6.45) is 0.409. The molecule has 0 aliphatic heterocycles. The number of hydrogen-bond donors (Lipinski definition) is 3. The van der Waals surface area contributed by atoms with Crippen LogP contribution in [0.2, 0.25) is 0 Å². The van der Waals surface area contributed by atoms with Crippen LogP contribution in [0.4, 0.5) is 14.5 Å². The number of nitrogens with one attached hydrogen (secondary N) is 2. The van der Waals surface area contributed by atoms with E-state index in [2.05, 4.69) is 4.72 Å². The predicted molar refractivity (Wildman–Crippen MR) is 87.7 cm³/mol. The Morgan fingerprint density at radius 1 is 1.30 bits per heavy atom. The van der Waals surface area contributed by atoms with E-state index in [4.69, 9.17) is 5.73 Å². The summed E-state index contributed by atoms with van der Waals surface area (Å²) < 4.78 is 51.9. The lowest BCUT2D eigenvalue weighted by Gasteiger charge is -2.16. The van der Waals surface area contributed by atoms with Gasteiger partial charge in [-0.15, -0.1) is 12.4 Å². The molecular formula is C13H20ClF2N3O3S. The Hall–Kier alpha value is -1.45. The largest absolute Gasteiger partial charge is 0.346 e. The number of sulfonamides is 1. The maximum absolute atomic E-state index is 13.0. The Labute approximate surface area is 140 Å². The molecule has 0 unspecified atom stereocenters. The zero-order valence-corrected chi connectivity index (χ0v) is 14.1. The van der Waals surface area contributed by atoms with Crippen LogP contribution in [0, 0.1) is 0 Å². The average Bonchev–Trinajstić information content (AvgIpc) is 2.45. The van der Waals surface area contributed by atoms with Gasteiger partial charge in [-0.2, -0.15) is 0 Å². The van der Waals surface area contributed by atoms with Crippen molar-refractivity contribution < 1.29 is 22.0 Å². The van der Waals surface area contributed by atoms with Crippen molar-refractivity contribution in [2.75, 3.05) is 23.6 Å². The number of amides is 1. The molecule has 4 N–H and O–H groups in total. The smallest absolute Gasteiger partial charge is 0.277 e. The summed E-state index contributed by atoms with van der Waals surface area (Å²) in [4.78, 5) is 12.0.